The number of guanidine groups is 1. The van der Waals surface area contributed by atoms with E-state index in [9.17, 15) is 4.39 Å². The molecule has 3 rings (SSSR count). The van der Waals surface area contributed by atoms with Crippen molar-refractivity contribution in [2.45, 2.75) is 58.1 Å². The summed E-state index contributed by atoms with van der Waals surface area (Å²) in [5.74, 6) is 1.19. The molecule has 0 bridgehead atoms. The Morgan fingerprint density at radius 3 is 2.73 bits per heavy atom. The van der Waals surface area contributed by atoms with Crippen LogP contribution < -0.4 is 10.6 Å². The molecule has 0 spiro atoms. The minimum absolute atomic E-state index is 0. The Balaban J connectivity index is 0.00000320. The zero-order valence-electron chi connectivity index (χ0n) is 17.9. The number of benzene rings is 1. The first-order valence-corrected chi connectivity index (χ1v) is 10.5. The fourth-order valence-electron chi connectivity index (χ4n) is 3.66. The maximum atomic E-state index is 14.5. The summed E-state index contributed by atoms with van der Waals surface area (Å²) in [7, 11) is 1.74. The molecule has 1 aliphatic rings. The smallest absolute Gasteiger partial charge is 0.191 e. The Kier molecular flexibility index (Phi) is 10.6. The molecule has 1 aliphatic carbocycles. The summed E-state index contributed by atoms with van der Waals surface area (Å²) in [4.78, 5) is 8.38. The predicted octanol–water partition coefficient (Wildman–Crippen LogP) is 4.34. The molecular weight excluding hydrogens is 496 g/mol. The lowest BCUT2D eigenvalue weighted by molar-refractivity contribution is 0.0277. The third-order valence-corrected chi connectivity index (χ3v) is 5.30. The summed E-state index contributed by atoms with van der Waals surface area (Å²) in [5.41, 5.74) is 1.36. The summed E-state index contributed by atoms with van der Waals surface area (Å²) in [6.45, 7) is 3.91. The number of hydrogen-bond acceptors (Lipinski definition) is 3. The zero-order valence-corrected chi connectivity index (χ0v) is 20.2. The van der Waals surface area contributed by atoms with Crippen LogP contribution in [0.15, 0.2) is 35.6 Å². The van der Waals surface area contributed by atoms with E-state index in [1.54, 1.807) is 36.1 Å². The molecule has 0 saturated heterocycles. The van der Waals surface area contributed by atoms with Gasteiger partial charge in [0.25, 0.3) is 0 Å². The van der Waals surface area contributed by atoms with Gasteiger partial charge in [0, 0.05) is 39.1 Å². The maximum absolute atomic E-state index is 14.5. The fraction of sp³-hybridized carbons (Fsp3) is 0.545. The van der Waals surface area contributed by atoms with Crippen molar-refractivity contribution < 1.29 is 9.13 Å². The first-order chi connectivity index (χ1) is 14.2. The predicted molar refractivity (Wildman–Crippen MR) is 129 cm³/mol. The third kappa shape index (κ3) is 7.23. The lowest BCUT2D eigenvalue weighted by atomic mass is 9.98. The van der Waals surface area contributed by atoms with Gasteiger partial charge in [-0.05, 0) is 43.9 Å². The van der Waals surface area contributed by atoms with E-state index in [0.717, 1.165) is 31.0 Å². The van der Waals surface area contributed by atoms with Crippen molar-refractivity contribution in [3.8, 4) is 5.69 Å². The topological polar surface area (TPSA) is 63.5 Å². The SMILES string of the molecule is CN=C(NCCCOC1CCCCC1)NCc1ccc(-n2ccnc2C)c(F)c1.I. The van der Waals surface area contributed by atoms with Crippen molar-refractivity contribution in [1.82, 2.24) is 20.2 Å². The molecule has 1 aromatic carbocycles. The van der Waals surface area contributed by atoms with Gasteiger partial charge in [-0.15, -0.1) is 24.0 Å². The van der Waals surface area contributed by atoms with E-state index in [0.29, 0.717) is 24.3 Å². The number of aryl methyl sites for hydroxylation is 1. The Hall–Kier alpha value is -1.68. The first kappa shape index (κ1) is 24.6. The largest absolute Gasteiger partial charge is 0.378 e. The molecule has 6 nitrogen and oxygen atoms in total. The molecule has 8 heteroatoms. The summed E-state index contributed by atoms with van der Waals surface area (Å²) in [6, 6.07) is 5.24. The standard InChI is InChI=1S/C22H32FN5O.HI/c1-17-25-12-13-28(17)21-10-9-18(15-20(21)23)16-27-22(24-2)26-11-6-14-29-19-7-4-3-5-8-19;/h9-10,12-13,15,19H,3-8,11,14,16H2,1-2H3,(H2,24,26,27);1H. The average Bonchev–Trinajstić information content (AvgIpc) is 3.16. The Labute approximate surface area is 195 Å². The molecule has 1 saturated carbocycles. The minimum atomic E-state index is -0.270. The molecule has 0 atom stereocenters. The quantitative estimate of drug-likeness (QED) is 0.231. The van der Waals surface area contributed by atoms with Crippen LogP contribution in [-0.4, -0.2) is 41.8 Å². The normalized spacial score (nSPS) is 15.0. The van der Waals surface area contributed by atoms with Gasteiger partial charge >= 0.3 is 0 Å². The van der Waals surface area contributed by atoms with Gasteiger partial charge in [-0.1, -0.05) is 25.3 Å². The molecule has 0 unspecified atom stereocenters. The third-order valence-electron chi connectivity index (χ3n) is 5.30. The van der Waals surface area contributed by atoms with E-state index in [1.165, 1.54) is 32.1 Å². The molecule has 166 valence electrons. The van der Waals surface area contributed by atoms with Crippen LogP contribution in [0.5, 0.6) is 0 Å². The van der Waals surface area contributed by atoms with Crippen molar-refractivity contribution >= 4 is 29.9 Å². The van der Waals surface area contributed by atoms with Crippen LogP contribution in [0, 0.1) is 12.7 Å². The molecule has 2 aromatic rings. The highest BCUT2D eigenvalue weighted by Gasteiger charge is 2.13. The monoisotopic (exact) mass is 529 g/mol. The Bertz CT molecular complexity index is 805. The van der Waals surface area contributed by atoms with Crippen molar-refractivity contribution in [2.75, 3.05) is 20.2 Å². The van der Waals surface area contributed by atoms with E-state index in [4.69, 9.17) is 4.74 Å². The molecule has 1 fully saturated rings. The van der Waals surface area contributed by atoms with Crippen LogP contribution in [-0.2, 0) is 11.3 Å². The summed E-state index contributed by atoms with van der Waals surface area (Å²) < 4.78 is 22.2. The molecule has 0 amide bonds. The van der Waals surface area contributed by atoms with E-state index in [-0.39, 0.29) is 29.8 Å². The number of aliphatic imine (C=N–C) groups is 1. The second kappa shape index (κ2) is 12.9. The fourth-order valence-corrected chi connectivity index (χ4v) is 3.66. The number of nitrogens with zero attached hydrogens (tertiary/aromatic N) is 3. The molecule has 0 aliphatic heterocycles. The number of hydrogen-bond donors (Lipinski definition) is 2. The highest BCUT2D eigenvalue weighted by molar-refractivity contribution is 14.0. The van der Waals surface area contributed by atoms with Gasteiger partial charge in [-0.2, -0.15) is 0 Å². The number of rotatable bonds is 8. The van der Waals surface area contributed by atoms with Crippen molar-refractivity contribution in [3.05, 3.63) is 47.8 Å². The van der Waals surface area contributed by atoms with E-state index in [2.05, 4.69) is 20.6 Å². The second-order valence-electron chi connectivity index (χ2n) is 7.47. The van der Waals surface area contributed by atoms with Crippen LogP contribution in [0.3, 0.4) is 0 Å². The van der Waals surface area contributed by atoms with Gasteiger partial charge in [0.2, 0.25) is 0 Å². The highest BCUT2D eigenvalue weighted by Crippen LogP contribution is 2.20. The van der Waals surface area contributed by atoms with Crippen LogP contribution in [0.2, 0.25) is 0 Å². The van der Waals surface area contributed by atoms with E-state index >= 15 is 0 Å². The molecule has 1 heterocycles. The van der Waals surface area contributed by atoms with Crippen molar-refractivity contribution in [2.24, 2.45) is 4.99 Å². The van der Waals surface area contributed by atoms with Crippen LogP contribution in [0.4, 0.5) is 4.39 Å². The lowest BCUT2D eigenvalue weighted by Gasteiger charge is -2.22. The van der Waals surface area contributed by atoms with Gasteiger partial charge in [0.1, 0.15) is 11.6 Å². The lowest BCUT2D eigenvalue weighted by Crippen LogP contribution is -2.37. The van der Waals surface area contributed by atoms with Crippen LogP contribution in [0.25, 0.3) is 5.69 Å². The van der Waals surface area contributed by atoms with Gasteiger partial charge in [-0.3, -0.25) is 4.99 Å². The minimum Gasteiger partial charge on any atom is -0.378 e. The number of aromatic nitrogens is 2. The Morgan fingerprint density at radius 2 is 2.07 bits per heavy atom. The van der Waals surface area contributed by atoms with Crippen LogP contribution >= 0.6 is 24.0 Å². The van der Waals surface area contributed by atoms with E-state index in [1.807, 2.05) is 13.0 Å². The number of ether oxygens (including phenoxy) is 1. The molecule has 30 heavy (non-hydrogen) atoms. The number of nitrogens with one attached hydrogen (secondary N) is 2. The molecule has 1 aromatic heterocycles. The number of imidazole rings is 1. The number of halogens is 2. The summed E-state index contributed by atoms with van der Waals surface area (Å²) in [5, 5.41) is 6.52. The van der Waals surface area contributed by atoms with Crippen molar-refractivity contribution in [3.63, 3.8) is 0 Å². The molecule has 2 N–H and O–H groups in total. The summed E-state index contributed by atoms with van der Waals surface area (Å²) in [6.07, 6.45) is 11.1. The maximum Gasteiger partial charge on any atom is 0.191 e. The molecule has 0 radical (unpaired) electrons. The second-order valence-corrected chi connectivity index (χ2v) is 7.47. The van der Waals surface area contributed by atoms with Gasteiger partial charge in [0.05, 0.1) is 11.8 Å². The first-order valence-electron chi connectivity index (χ1n) is 10.5. The van der Waals surface area contributed by atoms with E-state index < -0.39 is 0 Å². The average molecular weight is 529 g/mol. The Morgan fingerprint density at radius 1 is 1.27 bits per heavy atom. The van der Waals surface area contributed by atoms with Gasteiger partial charge in [-0.25, -0.2) is 9.37 Å². The van der Waals surface area contributed by atoms with Gasteiger partial charge < -0.3 is 19.9 Å². The molecular formula is C22H33FIN5O. The van der Waals surface area contributed by atoms with Crippen LogP contribution in [0.1, 0.15) is 49.9 Å². The van der Waals surface area contributed by atoms with Crippen molar-refractivity contribution in [1.29, 1.82) is 0 Å². The summed E-state index contributed by atoms with van der Waals surface area (Å²) >= 11 is 0. The highest BCUT2D eigenvalue weighted by atomic mass is 127. The van der Waals surface area contributed by atoms with Gasteiger partial charge in [0.15, 0.2) is 5.96 Å². The zero-order chi connectivity index (χ0) is 20.5.